The van der Waals surface area contributed by atoms with Crippen LogP contribution in [0.1, 0.15) is 15.2 Å². The fourth-order valence-corrected chi connectivity index (χ4v) is 2.64. The molecule has 0 aromatic carbocycles. The first-order chi connectivity index (χ1) is 7.25. The van der Waals surface area contributed by atoms with Crippen molar-refractivity contribution in [3.63, 3.8) is 0 Å². The van der Waals surface area contributed by atoms with E-state index >= 15 is 0 Å². The van der Waals surface area contributed by atoms with Crippen LogP contribution >= 0.6 is 27.3 Å². The lowest BCUT2D eigenvalue weighted by Crippen LogP contribution is -2.02. The summed E-state index contributed by atoms with van der Waals surface area (Å²) >= 11 is 4.93. The fourth-order valence-electron chi connectivity index (χ4n) is 1.16. The Morgan fingerprint density at radius 1 is 1.33 bits per heavy atom. The average molecular weight is 283 g/mol. The molecule has 0 aliphatic carbocycles. The zero-order valence-corrected chi connectivity index (χ0v) is 10.1. The molecule has 3 nitrogen and oxygen atoms in total. The molecular formula is C10H7BrN2OS. The predicted octanol–water partition coefficient (Wildman–Crippen LogP) is 2.73. The molecule has 0 atom stereocenters. The zero-order valence-electron chi connectivity index (χ0n) is 7.68. The summed E-state index contributed by atoms with van der Waals surface area (Å²) in [7, 11) is 0. The van der Waals surface area contributed by atoms with E-state index in [0.29, 0.717) is 12.0 Å². The maximum absolute atomic E-state index is 11.7. The average Bonchev–Trinajstić information content (AvgIpc) is 2.65. The first-order valence-electron chi connectivity index (χ1n) is 4.30. The Balaban J connectivity index is 2.11. The van der Waals surface area contributed by atoms with Crippen LogP contribution in [0.15, 0.2) is 34.4 Å². The molecule has 0 amide bonds. The minimum absolute atomic E-state index is 0.0688. The summed E-state index contributed by atoms with van der Waals surface area (Å²) in [4.78, 5) is 12.8. The molecule has 0 N–H and O–H groups in total. The van der Waals surface area contributed by atoms with Crippen molar-refractivity contribution in [1.29, 1.82) is 0 Å². The van der Waals surface area contributed by atoms with E-state index in [9.17, 15) is 4.79 Å². The molecule has 5 heteroatoms. The first kappa shape index (κ1) is 10.4. The first-order valence-corrected chi connectivity index (χ1v) is 5.91. The molecule has 2 rings (SSSR count). The number of carbonyl (C=O) groups is 1. The van der Waals surface area contributed by atoms with Crippen molar-refractivity contribution in [1.82, 2.24) is 10.2 Å². The van der Waals surface area contributed by atoms with E-state index < -0.39 is 0 Å². The molecule has 0 bridgehead atoms. The highest BCUT2D eigenvalue weighted by atomic mass is 79.9. The van der Waals surface area contributed by atoms with Crippen LogP contribution in [0.3, 0.4) is 0 Å². The van der Waals surface area contributed by atoms with Crippen LogP contribution in [-0.2, 0) is 6.42 Å². The topological polar surface area (TPSA) is 42.9 Å². The quantitative estimate of drug-likeness (QED) is 0.813. The van der Waals surface area contributed by atoms with Gasteiger partial charge in [0.25, 0.3) is 0 Å². The van der Waals surface area contributed by atoms with Gasteiger partial charge in [-0.25, -0.2) is 0 Å². The Labute approximate surface area is 99.3 Å². The molecular weight excluding hydrogens is 276 g/mol. The van der Waals surface area contributed by atoms with Crippen molar-refractivity contribution >= 4 is 33.0 Å². The zero-order chi connectivity index (χ0) is 10.7. The van der Waals surface area contributed by atoms with Gasteiger partial charge in [0.15, 0.2) is 5.78 Å². The van der Waals surface area contributed by atoms with Gasteiger partial charge in [0.05, 0.1) is 16.2 Å². The molecule has 0 radical (unpaired) electrons. The van der Waals surface area contributed by atoms with E-state index in [0.717, 1.165) is 8.66 Å². The summed E-state index contributed by atoms with van der Waals surface area (Å²) < 4.78 is 1.04. The molecule has 0 saturated carbocycles. The van der Waals surface area contributed by atoms with E-state index in [1.807, 2.05) is 12.1 Å². The highest BCUT2D eigenvalue weighted by molar-refractivity contribution is 9.11. The molecule has 76 valence electrons. The maximum atomic E-state index is 11.7. The number of hydrogen-bond acceptors (Lipinski definition) is 4. The van der Waals surface area contributed by atoms with Gasteiger partial charge in [-0.15, -0.1) is 11.3 Å². The summed E-state index contributed by atoms with van der Waals surface area (Å²) in [6, 6.07) is 5.57. The van der Waals surface area contributed by atoms with Gasteiger partial charge in [0.1, 0.15) is 0 Å². The van der Waals surface area contributed by atoms with Crippen molar-refractivity contribution in [2.24, 2.45) is 0 Å². The maximum Gasteiger partial charge on any atom is 0.169 e. The number of hydrogen-bond donors (Lipinski definition) is 0. The Bertz CT molecular complexity index is 469. The Morgan fingerprint density at radius 3 is 2.80 bits per heavy atom. The van der Waals surface area contributed by atoms with Crippen LogP contribution < -0.4 is 0 Å². The Hall–Kier alpha value is -1.07. The number of nitrogens with zero attached hydrogens (tertiary/aromatic N) is 2. The molecule has 2 aromatic rings. The normalized spacial score (nSPS) is 10.2. The largest absolute Gasteiger partial charge is 0.294 e. The van der Waals surface area contributed by atoms with E-state index in [4.69, 9.17) is 0 Å². The van der Waals surface area contributed by atoms with Crippen molar-refractivity contribution in [2.45, 2.75) is 6.42 Å². The number of ketones is 1. The minimum atomic E-state index is 0.0688. The summed E-state index contributed by atoms with van der Waals surface area (Å²) in [5, 5.41) is 7.31. The van der Waals surface area contributed by atoms with Crippen molar-refractivity contribution in [2.75, 3.05) is 0 Å². The molecule has 0 aliphatic heterocycles. The van der Waals surface area contributed by atoms with Crippen molar-refractivity contribution in [3.05, 3.63) is 44.8 Å². The molecule has 0 saturated heterocycles. The number of aromatic nitrogens is 2. The third kappa shape index (κ3) is 2.70. The SMILES string of the molecule is O=C(Cc1ccc(Br)s1)c1ccnnc1. The fraction of sp³-hybridized carbons (Fsp3) is 0.100. The molecule has 15 heavy (non-hydrogen) atoms. The van der Waals surface area contributed by atoms with Crippen molar-refractivity contribution < 1.29 is 4.79 Å². The van der Waals surface area contributed by atoms with Crippen LogP contribution in [-0.4, -0.2) is 16.0 Å². The molecule has 2 aromatic heterocycles. The second-order valence-corrected chi connectivity index (χ2v) is 5.48. The van der Waals surface area contributed by atoms with Gasteiger partial charge in [-0.2, -0.15) is 10.2 Å². The van der Waals surface area contributed by atoms with Crippen LogP contribution in [0.25, 0.3) is 0 Å². The third-order valence-electron chi connectivity index (χ3n) is 1.87. The lowest BCUT2D eigenvalue weighted by Gasteiger charge is -1.96. The van der Waals surface area contributed by atoms with Crippen LogP contribution in [0.2, 0.25) is 0 Å². The highest BCUT2D eigenvalue weighted by Gasteiger charge is 2.08. The molecule has 0 unspecified atom stereocenters. The van der Waals surface area contributed by atoms with E-state index in [2.05, 4.69) is 26.1 Å². The van der Waals surface area contributed by atoms with Gasteiger partial charge < -0.3 is 0 Å². The minimum Gasteiger partial charge on any atom is -0.294 e. The van der Waals surface area contributed by atoms with Crippen LogP contribution in [0.5, 0.6) is 0 Å². The Kier molecular flexibility index (Phi) is 3.23. The monoisotopic (exact) mass is 282 g/mol. The summed E-state index contributed by atoms with van der Waals surface area (Å²) in [6.45, 7) is 0. The summed E-state index contributed by atoms with van der Waals surface area (Å²) in [5.41, 5.74) is 0.606. The smallest absolute Gasteiger partial charge is 0.169 e. The van der Waals surface area contributed by atoms with Gasteiger partial charge >= 0.3 is 0 Å². The molecule has 0 aliphatic rings. The second-order valence-electron chi connectivity index (χ2n) is 2.94. The van der Waals surface area contributed by atoms with Crippen LogP contribution in [0, 0.1) is 0 Å². The molecule has 0 spiro atoms. The lowest BCUT2D eigenvalue weighted by molar-refractivity contribution is 0.0993. The molecule has 0 fully saturated rings. The van der Waals surface area contributed by atoms with E-state index in [-0.39, 0.29) is 5.78 Å². The third-order valence-corrected chi connectivity index (χ3v) is 3.49. The number of Topliss-reactive ketones (excluding diaryl/α,β-unsaturated/α-hetero) is 1. The van der Waals surface area contributed by atoms with Gasteiger partial charge in [0, 0.05) is 16.9 Å². The second kappa shape index (κ2) is 4.63. The van der Waals surface area contributed by atoms with Crippen molar-refractivity contribution in [3.8, 4) is 0 Å². The molecule has 2 heterocycles. The highest BCUT2D eigenvalue weighted by Crippen LogP contribution is 2.23. The number of thiophene rings is 1. The summed E-state index contributed by atoms with van der Waals surface area (Å²) in [6.07, 6.45) is 3.44. The Morgan fingerprint density at radius 2 is 2.20 bits per heavy atom. The lowest BCUT2D eigenvalue weighted by atomic mass is 10.1. The van der Waals surface area contributed by atoms with Gasteiger partial charge in [0.2, 0.25) is 0 Å². The summed E-state index contributed by atoms with van der Waals surface area (Å²) in [5.74, 6) is 0.0688. The predicted molar refractivity (Wildman–Crippen MR) is 62.1 cm³/mol. The number of halogens is 1. The van der Waals surface area contributed by atoms with Gasteiger partial charge in [-0.1, -0.05) is 0 Å². The van der Waals surface area contributed by atoms with E-state index in [1.54, 1.807) is 17.4 Å². The van der Waals surface area contributed by atoms with E-state index in [1.165, 1.54) is 12.4 Å². The number of rotatable bonds is 3. The van der Waals surface area contributed by atoms with Gasteiger partial charge in [-0.05, 0) is 34.1 Å². The van der Waals surface area contributed by atoms with Gasteiger partial charge in [-0.3, -0.25) is 4.79 Å². The standard InChI is InChI=1S/C10H7BrN2OS/c11-10-2-1-8(15-10)5-9(14)7-3-4-12-13-6-7/h1-4,6H,5H2. The van der Waals surface area contributed by atoms with Crippen LogP contribution in [0.4, 0.5) is 0 Å². The number of carbonyl (C=O) groups excluding carboxylic acids is 1.